The maximum atomic E-state index is 14.2. The number of fused-ring (bicyclic) bond motifs is 1. The molecule has 32 heavy (non-hydrogen) atoms. The zero-order valence-corrected chi connectivity index (χ0v) is 17.3. The van der Waals surface area contributed by atoms with Crippen molar-refractivity contribution in [3.63, 3.8) is 0 Å². The molecule has 1 fully saturated rings. The third-order valence-corrected chi connectivity index (χ3v) is 5.91. The molecule has 0 aliphatic carbocycles. The van der Waals surface area contributed by atoms with Crippen LogP contribution in [-0.2, 0) is 9.59 Å². The predicted octanol–water partition coefficient (Wildman–Crippen LogP) is 3.51. The van der Waals surface area contributed by atoms with Gasteiger partial charge in [0.05, 0.1) is 17.1 Å². The number of aromatic nitrogens is 2. The second kappa shape index (κ2) is 7.89. The van der Waals surface area contributed by atoms with Crippen LogP contribution in [-0.4, -0.2) is 33.8 Å². The summed E-state index contributed by atoms with van der Waals surface area (Å²) in [6.45, 7) is -0.184. The highest BCUT2D eigenvalue weighted by Crippen LogP contribution is 2.29. The normalized spacial score (nSPS) is 16.3. The van der Waals surface area contributed by atoms with Crippen LogP contribution >= 0.6 is 11.3 Å². The van der Waals surface area contributed by atoms with Gasteiger partial charge in [-0.15, -0.1) is 11.3 Å². The Morgan fingerprint density at radius 3 is 2.75 bits per heavy atom. The number of para-hydroxylation sites is 2. The molecule has 2 aromatic heterocycles. The molecular formula is C22H16FN5O3S. The summed E-state index contributed by atoms with van der Waals surface area (Å²) in [5.74, 6) is -3.35. The molecule has 0 bridgehead atoms. The number of carbonyl (C=O) groups excluding carboxylic acids is 3. The summed E-state index contributed by atoms with van der Waals surface area (Å²) in [4.78, 5) is 44.3. The van der Waals surface area contributed by atoms with Crippen molar-refractivity contribution >= 4 is 45.5 Å². The molecule has 1 aliphatic rings. The van der Waals surface area contributed by atoms with Crippen LogP contribution in [0.1, 0.15) is 0 Å². The van der Waals surface area contributed by atoms with E-state index < -0.39 is 29.6 Å². The molecule has 1 atom stereocenters. The molecular weight excluding hydrogens is 433 g/mol. The van der Waals surface area contributed by atoms with Crippen molar-refractivity contribution in [2.45, 2.75) is 0 Å². The van der Waals surface area contributed by atoms with Crippen LogP contribution in [0.15, 0.2) is 66.3 Å². The molecule has 3 heterocycles. The highest BCUT2D eigenvalue weighted by atomic mass is 32.1. The van der Waals surface area contributed by atoms with Gasteiger partial charge in [0.15, 0.2) is 4.96 Å². The van der Waals surface area contributed by atoms with Crippen molar-refractivity contribution in [3.8, 4) is 11.3 Å². The summed E-state index contributed by atoms with van der Waals surface area (Å²) in [6.07, 6.45) is 3.74. The standard InChI is InChI=1S/C22H16FN5O3S/c23-15-6-2-4-8-18(15)28-20(30)14(11-24-21(28)31)19(29)25-16-7-3-1-5-13(16)17-12-27-9-10-32-22(27)26-17/h1-10,12,14H,11H2,(H,24,31)(H,25,29). The van der Waals surface area contributed by atoms with E-state index in [-0.39, 0.29) is 12.2 Å². The van der Waals surface area contributed by atoms with Crippen molar-refractivity contribution in [1.82, 2.24) is 14.7 Å². The molecule has 0 saturated carbocycles. The molecule has 4 amide bonds. The lowest BCUT2D eigenvalue weighted by Crippen LogP contribution is -2.58. The summed E-state index contributed by atoms with van der Waals surface area (Å²) in [5.41, 5.74) is 1.63. The Kier molecular flexibility index (Phi) is 4.91. The summed E-state index contributed by atoms with van der Waals surface area (Å²) in [6, 6.07) is 11.7. The highest BCUT2D eigenvalue weighted by Gasteiger charge is 2.40. The number of halogens is 1. The fourth-order valence-corrected chi connectivity index (χ4v) is 4.27. The number of hydrogen-bond donors (Lipinski definition) is 2. The molecule has 2 N–H and O–H groups in total. The van der Waals surface area contributed by atoms with Gasteiger partial charge in [0, 0.05) is 29.9 Å². The number of anilines is 2. The number of amides is 4. The SMILES string of the molecule is O=C(Nc1ccccc1-c1cn2ccsc2n1)C1CNC(=O)N(c2ccccc2F)C1=O. The lowest BCUT2D eigenvalue weighted by molar-refractivity contribution is -0.130. The summed E-state index contributed by atoms with van der Waals surface area (Å²) < 4.78 is 16.1. The van der Waals surface area contributed by atoms with Gasteiger partial charge in [0.2, 0.25) is 11.8 Å². The molecule has 1 aliphatic heterocycles. The molecule has 0 radical (unpaired) electrons. The Morgan fingerprint density at radius 2 is 1.94 bits per heavy atom. The zero-order valence-electron chi connectivity index (χ0n) is 16.5. The molecule has 160 valence electrons. The number of hydrogen-bond acceptors (Lipinski definition) is 5. The van der Waals surface area contributed by atoms with E-state index in [9.17, 15) is 18.8 Å². The van der Waals surface area contributed by atoms with Gasteiger partial charge < -0.3 is 10.6 Å². The summed E-state index contributed by atoms with van der Waals surface area (Å²) in [5, 5.41) is 7.18. The first kappa shape index (κ1) is 19.9. The Morgan fingerprint density at radius 1 is 1.16 bits per heavy atom. The minimum Gasteiger partial charge on any atom is -0.336 e. The van der Waals surface area contributed by atoms with Crippen molar-refractivity contribution in [3.05, 3.63) is 72.1 Å². The summed E-state index contributed by atoms with van der Waals surface area (Å²) >= 11 is 1.49. The predicted molar refractivity (Wildman–Crippen MR) is 118 cm³/mol. The van der Waals surface area contributed by atoms with Crippen LogP contribution in [0.5, 0.6) is 0 Å². The Balaban J connectivity index is 1.42. The largest absolute Gasteiger partial charge is 0.336 e. The smallest absolute Gasteiger partial charge is 0.328 e. The molecule has 8 nitrogen and oxygen atoms in total. The lowest BCUT2D eigenvalue weighted by atomic mass is 10.0. The van der Waals surface area contributed by atoms with Crippen LogP contribution in [0.2, 0.25) is 0 Å². The van der Waals surface area contributed by atoms with E-state index in [4.69, 9.17) is 0 Å². The van der Waals surface area contributed by atoms with E-state index in [1.807, 2.05) is 34.3 Å². The molecule has 2 aromatic carbocycles. The fourth-order valence-electron chi connectivity index (χ4n) is 3.57. The molecule has 1 saturated heterocycles. The van der Waals surface area contributed by atoms with Gasteiger partial charge in [-0.25, -0.2) is 19.1 Å². The van der Waals surface area contributed by atoms with Gasteiger partial charge in [-0.2, -0.15) is 0 Å². The van der Waals surface area contributed by atoms with Crippen molar-refractivity contribution < 1.29 is 18.8 Å². The van der Waals surface area contributed by atoms with Gasteiger partial charge in [-0.3, -0.25) is 14.0 Å². The first-order valence-corrected chi connectivity index (χ1v) is 10.6. The zero-order chi connectivity index (χ0) is 22.2. The maximum absolute atomic E-state index is 14.2. The second-order valence-corrected chi connectivity index (χ2v) is 7.99. The van der Waals surface area contributed by atoms with Gasteiger partial charge >= 0.3 is 6.03 Å². The van der Waals surface area contributed by atoms with E-state index >= 15 is 0 Å². The Bertz CT molecular complexity index is 1340. The average molecular weight is 449 g/mol. The average Bonchev–Trinajstić information content (AvgIpc) is 3.38. The fraction of sp³-hybridized carbons (Fsp3) is 0.0909. The minimum atomic E-state index is -1.22. The molecule has 4 aromatic rings. The third-order valence-electron chi connectivity index (χ3n) is 5.14. The van der Waals surface area contributed by atoms with Crippen LogP contribution < -0.4 is 15.5 Å². The van der Waals surface area contributed by atoms with Gasteiger partial charge in [0.25, 0.3) is 0 Å². The van der Waals surface area contributed by atoms with Crippen molar-refractivity contribution in [2.24, 2.45) is 5.92 Å². The van der Waals surface area contributed by atoms with Crippen molar-refractivity contribution in [1.29, 1.82) is 0 Å². The number of rotatable bonds is 4. The lowest BCUT2D eigenvalue weighted by Gasteiger charge is -2.30. The first-order chi connectivity index (χ1) is 15.5. The number of urea groups is 1. The van der Waals surface area contributed by atoms with E-state index in [1.54, 1.807) is 12.1 Å². The molecule has 10 heteroatoms. The number of imide groups is 1. The number of imidazole rings is 1. The van der Waals surface area contributed by atoms with Crippen LogP contribution in [0.25, 0.3) is 16.2 Å². The maximum Gasteiger partial charge on any atom is 0.328 e. The molecule has 5 rings (SSSR count). The molecule has 1 unspecified atom stereocenters. The number of nitrogens with zero attached hydrogens (tertiary/aromatic N) is 3. The minimum absolute atomic E-state index is 0.184. The highest BCUT2D eigenvalue weighted by molar-refractivity contribution is 7.15. The first-order valence-electron chi connectivity index (χ1n) is 9.72. The van der Waals surface area contributed by atoms with Gasteiger partial charge in [-0.05, 0) is 18.2 Å². The summed E-state index contributed by atoms with van der Waals surface area (Å²) in [7, 11) is 0. The second-order valence-electron chi connectivity index (χ2n) is 7.12. The number of nitrogens with one attached hydrogen (secondary N) is 2. The third kappa shape index (κ3) is 3.40. The number of benzene rings is 2. The van der Waals surface area contributed by atoms with E-state index in [0.29, 0.717) is 21.8 Å². The van der Waals surface area contributed by atoms with E-state index in [2.05, 4.69) is 15.6 Å². The van der Waals surface area contributed by atoms with Gasteiger partial charge in [0.1, 0.15) is 11.7 Å². The van der Waals surface area contributed by atoms with Crippen molar-refractivity contribution in [2.75, 3.05) is 16.8 Å². The Hall–Kier alpha value is -4.05. The van der Waals surface area contributed by atoms with Gasteiger partial charge in [-0.1, -0.05) is 30.3 Å². The van der Waals surface area contributed by atoms with Crippen LogP contribution in [0.4, 0.5) is 20.6 Å². The number of thiazole rings is 1. The monoisotopic (exact) mass is 449 g/mol. The number of carbonyl (C=O) groups is 3. The van der Waals surface area contributed by atoms with Crippen LogP contribution in [0, 0.1) is 11.7 Å². The van der Waals surface area contributed by atoms with E-state index in [0.717, 1.165) is 11.0 Å². The van der Waals surface area contributed by atoms with Crippen LogP contribution in [0.3, 0.4) is 0 Å². The molecule has 0 spiro atoms. The van der Waals surface area contributed by atoms with E-state index in [1.165, 1.54) is 29.5 Å². The quantitative estimate of drug-likeness (QED) is 0.466. The topological polar surface area (TPSA) is 95.8 Å². The Labute approximate surface area is 185 Å².